The number of pyridine rings is 1. The van der Waals surface area contributed by atoms with Crippen LogP contribution in [0.1, 0.15) is 0 Å². The van der Waals surface area contributed by atoms with Crippen molar-refractivity contribution in [2.75, 3.05) is 7.11 Å². The van der Waals surface area contributed by atoms with Crippen LogP contribution in [0.25, 0.3) is 26.3 Å². The van der Waals surface area contributed by atoms with Crippen molar-refractivity contribution in [3.63, 3.8) is 0 Å². The summed E-state index contributed by atoms with van der Waals surface area (Å²) in [5.41, 5.74) is -0.0759. The minimum absolute atomic E-state index is 0.0211. The van der Waals surface area contributed by atoms with Gasteiger partial charge >= 0.3 is 5.69 Å². The van der Waals surface area contributed by atoms with Gasteiger partial charge in [-0.1, -0.05) is 23.2 Å². The molecule has 0 fully saturated rings. The lowest BCUT2D eigenvalue weighted by Gasteiger charge is -2.06. The molecule has 0 saturated carbocycles. The molecule has 0 aliphatic carbocycles. The number of ether oxygens (including phenoxy) is 1. The molecule has 3 heterocycles. The highest BCUT2D eigenvalue weighted by Gasteiger charge is 2.17. The summed E-state index contributed by atoms with van der Waals surface area (Å²) in [5.74, 6) is -0.575. The predicted octanol–water partition coefficient (Wildman–Crippen LogP) is 4.26. The Labute approximate surface area is 170 Å². The van der Waals surface area contributed by atoms with Gasteiger partial charge in [-0.25, -0.2) is 13.8 Å². The van der Waals surface area contributed by atoms with Crippen molar-refractivity contribution in [1.82, 2.24) is 14.5 Å². The molecular weight excluding hydrogens is 428 g/mol. The first kappa shape index (κ1) is 18.7. The van der Waals surface area contributed by atoms with Gasteiger partial charge in [0.25, 0.3) is 5.56 Å². The Balaban J connectivity index is 1.96. The van der Waals surface area contributed by atoms with E-state index in [0.717, 1.165) is 22.0 Å². The van der Waals surface area contributed by atoms with E-state index in [1.54, 1.807) is 6.07 Å². The molecule has 1 aromatic carbocycles. The smallest absolute Gasteiger partial charge is 0.333 e. The van der Waals surface area contributed by atoms with E-state index in [-0.39, 0.29) is 16.5 Å². The molecule has 142 valence electrons. The van der Waals surface area contributed by atoms with E-state index in [1.165, 1.54) is 31.6 Å². The summed E-state index contributed by atoms with van der Waals surface area (Å²) in [6.45, 7) is 0. The average molecular weight is 438 g/mol. The molecule has 0 aliphatic heterocycles. The number of aromatic amines is 1. The third-order valence-corrected chi connectivity index (χ3v) is 5.71. The summed E-state index contributed by atoms with van der Waals surface area (Å²) in [6.07, 6.45) is 2.76. The van der Waals surface area contributed by atoms with E-state index < -0.39 is 17.1 Å². The Morgan fingerprint density at radius 3 is 2.68 bits per heavy atom. The van der Waals surface area contributed by atoms with Crippen molar-refractivity contribution < 1.29 is 9.13 Å². The molecule has 3 aromatic heterocycles. The highest BCUT2D eigenvalue weighted by Crippen LogP contribution is 2.38. The van der Waals surface area contributed by atoms with Gasteiger partial charge in [0, 0.05) is 16.6 Å². The summed E-state index contributed by atoms with van der Waals surface area (Å²) >= 11 is 13.2. The van der Waals surface area contributed by atoms with Crippen LogP contribution in [-0.2, 0) is 0 Å². The standard InChI is InChI=1S/C18H10Cl2FN3O3S/c1-27-14-3-10(11(20)4-12(14)21)15-5-13-16(28-15)17(25)24(18(26)23-13)9-2-8(19)6-22-7-9/h2-7H,1H3,(H,23,26). The van der Waals surface area contributed by atoms with Crippen LogP contribution in [0.5, 0.6) is 5.75 Å². The maximum absolute atomic E-state index is 13.8. The third kappa shape index (κ3) is 3.09. The fourth-order valence-corrected chi connectivity index (χ4v) is 4.32. The Hall–Kier alpha value is -2.68. The molecule has 0 amide bonds. The minimum Gasteiger partial charge on any atom is -0.494 e. The molecule has 0 aliphatic rings. The zero-order chi connectivity index (χ0) is 20.0. The van der Waals surface area contributed by atoms with Crippen molar-refractivity contribution in [3.8, 4) is 21.9 Å². The van der Waals surface area contributed by atoms with Crippen molar-refractivity contribution in [2.45, 2.75) is 0 Å². The first-order chi connectivity index (χ1) is 13.4. The van der Waals surface area contributed by atoms with Gasteiger partial charge in [0.05, 0.1) is 34.6 Å². The highest BCUT2D eigenvalue weighted by molar-refractivity contribution is 7.22. The fourth-order valence-electron chi connectivity index (χ4n) is 2.77. The van der Waals surface area contributed by atoms with E-state index in [2.05, 4.69) is 9.97 Å². The number of nitrogens with one attached hydrogen (secondary N) is 1. The third-order valence-electron chi connectivity index (χ3n) is 4.03. The molecule has 0 atom stereocenters. The number of fused-ring (bicyclic) bond motifs is 1. The van der Waals surface area contributed by atoms with Gasteiger partial charge in [-0.2, -0.15) is 0 Å². The Bertz CT molecular complexity index is 1350. The number of rotatable bonds is 3. The number of methoxy groups -OCH3 is 1. The molecule has 0 spiro atoms. The second-order valence-corrected chi connectivity index (χ2v) is 7.65. The van der Waals surface area contributed by atoms with E-state index in [4.69, 9.17) is 27.9 Å². The number of benzene rings is 1. The second-order valence-electron chi connectivity index (χ2n) is 5.75. The van der Waals surface area contributed by atoms with Crippen LogP contribution in [0, 0.1) is 5.82 Å². The molecule has 0 radical (unpaired) electrons. The highest BCUT2D eigenvalue weighted by atomic mass is 35.5. The van der Waals surface area contributed by atoms with Crippen LogP contribution in [0.2, 0.25) is 10.0 Å². The SMILES string of the molecule is COc1cc(-c2cc3[nH]c(=O)n(-c4cncc(Cl)c4)c(=O)c3s2)c(Cl)cc1F. The molecular formula is C18H10Cl2FN3O3S. The van der Waals surface area contributed by atoms with Gasteiger partial charge < -0.3 is 9.72 Å². The Kier molecular flexibility index (Phi) is 4.70. The van der Waals surface area contributed by atoms with Gasteiger partial charge in [0.15, 0.2) is 11.6 Å². The Morgan fingerprint density at radius 1 is 1.18 bits per heavy atom. The number of nitrogens with zero attached hydrogens (tertiary/aromatic N) is 2. The maximum atomic E-state index is 13.8. The second kappa shape index (κ2) is 7.05. The molecule has 6 nitrogen and oxygen atoms in total. The van der Waals surface area contributed by atoms with Crippen molar-refractivity contribution in [3.05, 3.63) is 73.4 Å². The summed E-state index contributed by atoms with van der Waals surface area (Å²) in [5, 5.41) is 0.451. The number of thiophene rings is 1. The summed E-state index contributed by atoms with van der Waals surface area (Å²) in [4.78, 5) is 32.6. The molecule has 1 N–H and O–H groups in total. The molecule has 10 heteroatoms. The zero-order valence-electron chi connectivity index (χ0n) is 14.1. The van der Waals surface area contributed by atoms with Crippen LogP contribution < -0.4 is 16.0 Å². The van der Waals surface area contributed by atoms with Crippen molar-refractivity contribution >= 4 is 44.8 Å². The molecule has 0 saturated heterocycles. The van der Waals surface area contributed by atoms with Crippen LogP contribution in [0.3, 0.4) is 0 Å². The Morgan fingerprint density at radius 2 is 1.96 bits per heavy atom. The lowest BCUT2D eigenvalue weighted by molar-refractivity contribution is 0.387. The topological polar surface area (TPSA) is 77.0 Å². The number of H-pyrrole nitrogens is 1. The van der Waals surface area contributed by atoms with Gasteiger partial charge in [-0.3, -0.25) is 9.78 Å². The monoisotopic (exact) mass is 437 g/mol. The number of hydrogen-bond acceptors (Lipinski definition) is 5. The van der Waals surface area contributed by atoms with Gasteiger partial charge in [-0.05, 0) is 24.3 Å². The van der Waals surface area contributed by atoms with Gasteiger partial charge in [-0.15, -0.1) is 11.3 Å². The first-order valence-corrected chi connectivity index (χ1v) is 9.39. The first-order valence-electron chi connectivity index (χ1n) is 7.82. The number of hydrogen-bond donors (Lipinski definition) is 1. The van der Waals surface area contributed by atoms with E-state index in [1.807, 2.05) is 0 Å². The van der Waals surface area contributed by atoms with Gasteiger partial charge in [0.2, 0.25) is 0 Å². The largest absolute Gasteiger partial charge is 0.494 e. The van der Waals surface area contributed by atoms with E-state index >= 15 is 0 Å². The van der Waals surface area contributed by atoms with Crippen LogP contribution in [0.15, 0.2) is 46.2 Å². The number of halogens is 3. The van der Waals surface area contributed by atoms with E-state index in [9.17, 15) is 14.0 Å². The van der Waals surface area contributed by atoms with Crippen molar-refractivity contribution in [2.24, 2.45) is 0 Å². The normalized spacial score (nSPS) is 11.1. The molecule has 0 unspecified atom stereocenters. The fraction of sp³-hybridized carbons (Fsp3) is 0.0556. The van der Waals surface area contributed by atoms with E-state index in [0.29, 0.717) is 25.7 Å². The quantitative estimate of drug-likeness (QED) is 0.519. The predicted molar refractivity (Wildman–Crippen MR) is 108 cm³/mol. The summed E-state index contributed by atoms with van der Waals surface area (Å²) < 4.78 is 20.1. The van der Waals surface area contributed by atoms with Crippen LogP contribution in [0.4, 0.5) is 4.39 Å². The lowest BCUT2D eigenvalue weighted by atomic mass is 10.1. The van der Waals surface area contributed by atoms with Crippen LogP contribution >= 0.6 is 34.5 Å². The minimum atomic E-state index is -0.631. The maximum Gasteiger partial charge on any atom is 0.333 e. The van der Waals surface area contributed by atoms with Crippen molar-refractivity contribution in [1.29, 1.82) is 0 Å². The molecule has 4 rings (SSSR count). The average Bonchev–Trinajstić information content (AvgIpc) is 3.06. The lowest BCUT2D eigenvalue weighted by Crippen LogP contribution is -2.33. The summed E-state index contributed by atoms with van der Waals surface area (Å²) in [6, 6.07) is 5.66. The molecule has 4 aromatic rings. The molecule has 0 bridgehead atoms. The van der Waals surface area contributed by atoms with Gasteiger partial charge in [0.1, 0.15) is 4.70 Å². The van der Waals surface area contributed by atoms with Crippen LogP contribution in [-0.4, -0.2) is 21.6 Å². The molecule has 28 heavy (non-hydrogen) atoms. The number of aromatic nitrogens is 3. The zero-order valence-corrected chi connectivity index (χ0v) is 16.5. The summed E-state index contributed by atoms with van der Waals surface area (Å²) in [7, 11) is 1.34.